The van der Waals surface area contributed by atoms with Crippen molar-refractivity contribution in [1.82, 2.24) is 19.1 Å². The molecular formula is C39H34N4O3S. The number of pyridine rings is 1. The number of hydrogen-bond acceptors (Lipinski definition) is 6. The molecule has 0 radical (unpaired) electrons. The molecule has 0 atom stereocenters. The molecule has 0 aliphatic heterocycles. The van der Waals surface area contributed by atoms with Crippen molar-refractivity contribution in [3.8, 4) is 11.6 Å². The Balaban J connectivity index is 1.13. The molecule has 0 bridgehead atoms. The van der Waals surface area contributed by atoms with Crippen LogP contribution in [0.2, 0.25) is 0 Å². The maximum Gasteiger partial charge on any atom is 0.311 e. The fraction of sp³-hybridized carbons (Fsp3) is 0.154. The first-order valence-electron chi connectivity index (χ1n) is 15.6. The summed E-state index contributed by atoms with van der Waals surface area (Å²) >= 11 is 1.08. The predicted molar refractivity (Wildman–Crippen MR) is 186 cm³/mol. The Kier molecular flexibility index (Phi) is 8.42. The summed E-state index contributed by atoms with van der Waals surface area (Å²) in [5.41, 5.74) is 4.33. The van der Waals surface area contributed by atoms with Gasteiger partial charge in [0.1, 0.15) is 22.6 Å². The van der Waals surface area contributed by atoms with E-state index in [1.54, 1.807) is 10.8 Å². The van der Waals surface area contributed by atoms with Crippen molar-refractivity contribution in [2.45, 2.75) is 24.8 Å². The van der Waals surface area contributed by atoms with Gasteiger partial charge < -0.3 is 14.4 Å². The maximum absolute atomic E-state index is 14.0. The van der Waals surface area contributed by atoms with Crippen molar-refractivity contribution >= 4 is 22.5 Å². The molecule has 234 valence electrons. The third-order valence-corrected chi connectivity index (χ3v) is 9.52. The number of aromatic nitrogens is 4. The van der Waals surface area contributed by atoms with Crippen molar-refractivity contribution in [3.05, 3.63) is 176 Å². The standard InChI is InChI=1S/C39H34N4O3S/c1-42-35(41-33-19-11-25-40-36(33)42)20-12-26-46-32-23-21-28(22-24-32)27-34-37(44)43(38(45)47-34)39(29-13-5-2-6-14-29,30-15-7-3-8-16-30)31-17-9-4-10-18-31/h2-11,13-19,21-25,44H,12,20,26-27H2,1H3. The molecule has 3 aromatic heterocycles. The Morgan fingerprint density at radius 2 is 1.38 bits per heavy atom. The first kappa shape index (κ1) is 30.2. The minimum atomic E-state index is -1.07. The second kappa shape index (κ2) is 13.1. The third-order valence-electron chi connectivity index (χ3n) is 8.59. The molecule has 0 aliphatic carbocycles. The van der Waals surface area contributed by atoms with Gasteiger partial charge in [-0.3, -0.25) is 9.36 Å². The van der Waals surface area contributed by atoms with Crippen LogP contribution in [0.3, 0.4) is 0 Å². The minimum absolute atomic E-state index is 0.0333. The zero-order valence-corrected chi connectivity index (χ0v) is 26.8. The summed E-state index contributed by atoms with van der Waals surface area (Å²) in [7, 11) is 1.99. The lowest BCUT2D eigenvalue weighted by Crippen LogP contribution is -2.42. The summed E-state index contributed by atoms with van der Waals surface area (Å²) in [6, 6.07) is 41.5. The highest BCUT2D eigenvalue weighted by Gasteiger charge is 2.42. The zero-order chi connectivity index (χ0) is 32.2. The van der Waals surface area contributed by atoms with E-state index in [1.165, 1.54) is 0 Å². The van der Waals surface area contributed by atoms with E-state index in [1.807, 2.05) is 139 Å². The van der Waals surface area contributed by atoms with E-state index in [2.05, 4.69) is 4.98 Å². The van der Waals surface area contributed by atoms with Crippen molar-refractivity contribution in [1.29, 1.82) is 0 Å². The predicted octanol–water partition coefficient (Wildman–Crippen LogP) is 7.34. The highest BCUT2D eigenvalue weighted by molar-refractivity contribution is 7.09. The molecule has 7 nitrogen and oxygen atoms in total. The van der Waals surface area contributed by atoms with Crippen LogP contribution in [-0.2, 0) is 25.4 Å². The van der Waals surface area contributed by atoms with E-state index in [0.717, 1.165) is 69.2 Å². The highest BCUT2D eigenvalue weighted by Crippen LogP contribution is 2.43. The van der Waals surface area contributed by atoms with Crippen LogP contribution in [-0.4, -0.2) is 30.8 Å². The molecule has 0 saturated carbocycles. The smallest absolute Gasteiger partial charge is 0.311 e. The second-order valence-electron chi connectivity index (χ2n) is 11.5. The summed E-state index contributed by atoms with van der Waals surface area (Å²) in [5.74, 6) is 1.72. The van der Waals surface area contributed by atoms with Gasteiger partial charge >= 0.3 is 4.87 Å². The number of benzene rings is 4. The van der Waals surface area contributed by atoms with Gasteiger partial charge in [-0.05, 0) is 52.9 Å². The molecule has 3 heterocycles. The lowest BCUT2D eigenvalue weighted by atomic mass is 9.76. The highest BCUT2D eigenvalue weighted by atomic mass is 32.1. The molecule has 0 fully saturated rings. The molecule has 0 spiro atoms. The molecule has 47 heavy (non-hydrogen) atoms. The summed E-state index contributed by atoms with van der Waals surface area (Å²) in [6.45, 7) is 0.557. The Bertz CT molecular complexity index is 2060. The monoisotopic (exact) mass is 638 g/mol. The summed E-state index contributed by atoms with van der Waals surface area (Å²) in [4.78, 5) is 23.5. The average Bonchev–Trinajstić information content (AvgIpc) is 3.59. The maximum atomic E-state index is 14.0. The molecule has 0 amide bonds. The number of aromatic hydroxyl groups is 1. The van der Waals surface area contributed by atoms with Crippen molar-refractivity contribution < 1.29 is 9.84 Å². The third kappa shape index (κ3) is 5.72. The minimum Gasteiger partial charge on any atom is -0.494 e. The van der Waals surface area contributed by atoms with Crippen LogP contribution in [0.1, 0.15) is 39.4 Å². The SMILES string of the molecule is Cn1c(CCCOc2ccc(Cc3sc(=O)n(C(c4ccccc4)(c4ccccc4)c4ccccc4)c3O)cc2)nc2cccnc21. The molecule has 8 heteroatoms. The lowest BCUT2D eigenvalue weighted by Gasteiger charge is -2.37. The van der Waals surface area contributed by atoms with Crippen LogP contribution in [0, 0.1) is 0 Å². The summed E-state index contributed by atoms with van der Waals surface area (Å²) in [5, 5.41) is 11.9. The Labute approximate surface area is 277 Å². The molecular weight excluding hydrogens is 605 g/mol. The molecule has 7 aromatic rings. The number of imidazole rings is 1. The number of aryl methyl sites for hydroxylation is 2. The summed E-state index contributed by atoms with van der Waals surface area (Å²) in [6.07, 6.45) is 3.80. The fourth-order valence-electron chi connectivity index (χ4n) is 6.35. The van der Waals surface area contributed by atoms with Gasteiger partial charge in [0.25, 0.3) is 0 Å². The van der Waals surface area contributed by atoms with Crippen molar-refractivity contribution in [3.63, 3.8) is 0 Å². The van der Waals surface area contributed by atoms with Gasteiger partial charge in [-0.15, -0.1) is 0 Å². The first-order valence-corrected chi connectivity index (χ1v) is 16.5. The second-order valence-corrected chi connectivity index (χ2v) is 12.5. The van der Waals surface area contributed by atoms with E-state index in [0.29, 0.717) is 17.9 Å². The Morgan fingerprint density at radius 1 is 0.787 bits per heavy atom. The van der Waals surface area contributed by atoms with Crippen LogP contribution in [0.25, 0.3) is 11.2 Å². The zero-order valence-electron chi connectivity index (χ0n) is 26.0. The number of ether oxygens (including phenoxy) is 1. The van der Waals surface area contributed by atoms with Crippen LogP contribution in [0.5, 0.6) is 11.6 Å². The molecule has 1 N–H and O–H groups in total. The van der Waals surface area contributed by atoms with E-state index < -0.39 is 5.54 Å². The molecule has 7 rings (SSSR count). The van der Waals surface area contributed by atoms with Gasteiger partial charge in [0.2, 0.25) is 5.88 Å². The van der Waals surface area contributed by atoms with Gasteiger partial charge in [0.05, 0.1) is 11.5 Å². The average molecular weight is 639 g/mol. The van der Waals surface area contributed by atoms with Gasteiger partial charge in [0, 0.05) is 26.1 Å². The van der Waals surface area contributed by atoms with E-state index in [-0.39, 0.29) is 10.8 Å². The number of fused-ring (bicyclic) bond motifs is 1. The summed E-state index contributed by atoms with van der Waals surface area (Å²) < 4.78 is 9.63. The number of nitrogens with zero attached hydrogens (tertiary/aromatic N) is 4. The molecule has 0 unspecified atom stereocenters. The van der Waals surface area contributed by atoms with Crippen LogP contribution in [0.15, 0.2) is 138 Å². The number of thiazole rings is 1. The molecule has 0 aliphatic rings. The van der Waals surface area contributed by atoms with Crippen LogP contribution >= 0.6 is 11.3 Å². The quantitative estimate of drug-likeness (QED) is 0.118. The van der Waals surface area contributed by atoms with E-state index in [9.17, 15) is 9.90 Å². The van der Waals surface area contributed by atoms with Gasteiger partial charge in [-0.1, -0.05) is 114 Å². The Morgan fingerprint density at radius 3 is 1.96 bits per heavy atom. The number of hydrogen-bond donors (Lipinski definition) is 1. The van der Waals surface area contributed by atoms with E-state index >= 15 is 0 Å². The lowest BCUT2D eigenvalue weighted by molar-refractivity contribution is 0.309. The fourth-order valence-corrected chi connectivity index (χ4v) is 7.29. The van der Waals surface area contributed by atoms with Gasteiger partial charge in [-0.2, -0.15) is 0 Å². The normalized spacial score (nSPS) is 11.6. The topological polar surface area (TPSA) is 82.2 Å². The Hall–Kier alpha value is -5.47. The van der Waals surface area contributed by atoms with Crippen LogP contribution < -0.4 is 9.61 Å². The molecule has 4 aromatic carbocycles. The van der Waals surface area contributed by atoms with Gasteiger partial charge in [0.15, 0.2) is 5.65 Å². The van der Waals surface area contributed by atoms with Gasteiger partial charge in [-0.25, -0.2) is 9.97 Å². The van der Waals surface area contributed by atoms with Crippen molar-refractivity contribution in [2.75, 3.05) is 6.61 Å². The largest absolute Gasteiger partial charge is 0.494 e. The van der Waals surface area contributed by atoms with Crippen molar-refractivity contribution in [2.24, 2.45) is 7.05 Å². The van der Waals surface area contributed by atoms with E-state index in [4.69, 9.17) is 9.72 Å². The number of rotatable bonds is 11. The first-order chi connectivity index (χ1) is 23.1. The van der Waals surface area contributed by atoms with Crippen LogP contribution in [0.4, 0.5) is 0 Å². The molecule has 0 saturated heterocycles.